The summed E-state index contributed by atoms with van der Waals surface area (Å²) < 4.78 is 5.82. The highest BCUT2D eigenvalue weighted by Gasteiger charge is 2.18. The van der Waals surface area contributed by atoms with E-state index in [0.717, 1.165) is 70.6 Å². The van der Waals surface area contributed by atoms with Crippen molar-refractivity contribution in [2.45, 2.75) is 154 Å². The predicted octanol–water partition coefficient (Wildman–Crippen LogP) is 7.94. The zero-order valence-corrected chi connectivity index (χ0v) is 26.1. The third kappa shape index (κ3) is 26.2. The minimum atomic E-state index is -1.02. The van der Waals surface area contributed by atoms with Crippen molar-refractivity contribution in [1.82, 2.24) is 5.32 Å². The van der Waals surface area contributed by atoms with Gasteiger partial charge in [-0.2, -0.15) is 0 Å². The lowest BCUT2D eigenvalue weighted by Gasteiger charge is -2.15. The molecule has 0 heterocycles. The molecule has 2 unspecified atom stereocenters. The number of hydrogen-bond acceptors (Lipinski definition) is 5. The first-order chi connectivity index (χ1) is 19.9. The lowest BCUT2D eigenvalue weighted by Crippen LogP contribution is -2.40. The number of carboxylic acids is 1. The molecular formula is C34H60N2O5. The molecule has 0 saturated carbocycles. The van der Waals surface area contributed by atoms with Crippen LogP contribution in [0.3, 0.4) is 0 Å². The molecule has 0 aliphatic carbocycles. The molecule has 4 N–H and O–H groups in total. The van der Waals surface area contributed by atoms with Crippen LogP contribution in [0.15, 0.2) is 36.5 Å². The lowest BCUT2D eigenvalue weighted by atomic mass is 10.1. The summed E-state index contributed by atoms with van der Waals surface area (Å²) in [7, 11) is 0. The Morgan fingerprint density at radius 2 is 1.34 bits per heavy atom. The number of ether oxygens (including phenoxy) is 1. The second kappa shape index (κ2) is 29.1. The summed E-state index contributed by atoms with van der Waals surface area (Å²) in [5.41, 5.74) is 5.45. The van der Waals surface area contributed by atoms with E-state index in [0.29, 0.717) is 38.6 Å². The highest BCUT2D eigenvalue weighted by molar-refractivity contribution is 5.83. The first-order valence-electron chi connectivity index (χ1n) is 16.3. The summed E-state index contributed by atoms with van der Waals surface area (Å²) in [6, 6.07) is -0.872. The average Bonchev–Trinajstić information content (AvgIpc) is 2.95. The first-order valence-corrected chi connectivity index (χ1v) is 16.3. The largest absolute Gasteiger partial charge is 0.480 e. The molecule has 7 nitrogen and oxygen atoms in total. The normalized spacial score (nSPS) is 13.2. The summed E-state index contributed by atoms with van der Waals surface area (Å²) in [5.74, 6) is -1.38. The van der Waals surface area contributed by atoms with Gasteiger partial charge in [-0.15, -0.1) is 0 Å². The number of unbranched alkanes of at least 4 members (excludes halogenated alkanes) is 10. The number of carbonyl (C=O) groups is 3. The van der Waals surface area contributed by atoms with E-state index in [1.165, 1.54) is 25.7 Å². The maximum absolute atomic E-state index is 12.5. The maximum atomic E-state index is 12.5. The molecule has 0 aliphatic rings. The first kappa shape index (κ1) is 38.6. The molecule has 0 radical (unpaired) electrons. The van der Waals surface area contributed by atoms with Crippen LogP contribution in [0.2, 0.25) is 0 Å². The average molecular weight is 577 g/mol. The van der Waals surface area contributed by atoms with Crippen molar-refractivity contribution in [3.8, 4) is 0 Å². The highest BCUT2D eigenvalue weighted by Crippen LogP contribution is 2.14. The van der Waals surface area contributed by atoms with Gasteiger partial charge >= 0.3 is 11.9 Å². The van der Waals surface area contributed by atoms with Crippen molar-refractivity contribution in [3.63, 3.8) is 0 Å². The number of hydrogen-bond donors (Lipinski definition) is 3. The minimum Gasteiger partial charge on any atom is -0.480 e. The molecule has 0 aromatic heterocycles. The van der Waals surface area contributed by atoms with Crippen LogP contribution in [0.1, 0.15) is 142 Å². The Labute approximate surface area is 250 Å². The van der Waals surface area contributed by atoms with E-state index in [1.807, 2.05) is 6.08 Å². The van der Waals surface area contributed by atoms with Crippen molar-refractivity contribution < 1.29 is 24.2 Å². The standard InChI is InChI=1S/C34H60N2O5/c1-3-5-7-9-11-12-13-14-16-22-28-33(38)41-30(24-19-15-10-8-6-4-2)25-20-17-18-21-27-32(37)36-31(34(39)40)26-23-29-35/h7-10,19,24,30-31H,3-6,11-18,20-23,25-29,35H2,1-2H3,(H,36,37)(H,39,40)/b9-7-,10-8-,24-19-. The number of rotatable bonds is 28. The number of aliphatic carboxylic acids is 1. The van der Waals surface area contributed by atoms with Gasteiger partial charge in [0.15, 0.2) is 0 Å². The molecule has 0 bridgehead atoms. The Balaban J connectivity index is 4.36. The van der Waals surface area contributed by atoms with E-state index in [9.17, 15) is 19.5 Å². The molecule has 41 heavy (non-hydrogen) atoms. The number of carboxylic acid groups (broad SMARTS) is 1. The van der Waals surface area contributed by atoms with Crippen LogP contribution in [0.5, 0.6) is 0 Å². The molecular weight excluding hydrogens is 516 g/mol. The Bertz CT molecular complexity index is 747. The van der Waals surface area contributed by atoms with Crippen molar-refractivity contribution in [3.05, 3.63) is 36.5 Å². The van der Waals surface area contributed by atoms with Crippen molar-refractivity contribution in [2.75, 3.05) is 6.54 Å². The van der Waals surface area contributed by atoms with Crippen LogP contribution in [-0.4, -0.2) is 41.6 Å². The van der Waals surface area contributed by atoms with E-state index in [-0.39, 0.29) is 18.0 Å². The zero-order valence-electron chi connectivity index (χ0n) is 26.1. The van der Waals surface area contributed by atoms with E-state index < -0.39 is 12.0 Å². The summed E-state index contributed by atoms with van der Waals surface area (Å²) in [6.45, 7) is 4.75. The van der Waals surface area contributed by atoms with Crippen LogP contribution < -0.4 is 11.1 Å². The third-order valence-corrected chi connectivity index (χ3v) is 6.87. The molecule has 0 aromatic carbocycles. The molecule has 0 fully saturated rings. The molecule has 0 aromatic rings. The number of amides is 1. The van der Waals surface area contributed by atoms with E-state index in [1.54, 1.807) is 0 Å². The summed E-state index contributed by atoms with van der Waals surface area (Å²) in [6.07, 6.45) is 30.7. The van der Waals surface area contributed by atoms with Crippen molar-refractivity contribution in [1.29, 1.82) is 0 Å². The quantitative estimate of drug-likeness (QED) is 0.0494. The third-order valence-electron chi connectivity index (χ3n) is 6.87. The second-order valence-corrected chi connectivity index (χ2v) is 10.9. The van der Waals surface area contributed by atoms with Crippen molar-refractivity contribution >= 4 is 17.8 Å². The second-order valence-electron chi connectivity index (χ2n) is 10.9. The van der Waals surface area contributed by atoms with E-state index >= 15 is 0 Å². The van der Waals surface area contributed by atoms with Gasteiger partial charge in [0.25, 0.3) is 0 Å². The smallest absolute Gasteiger partial charge is 0.326 e. The van der Waals surface area contributed by atoms with Gasteiger partial charge in [-0.1, -0.05) is 89.2 Å². The maximum Gasteiger partial charge on any atom is 0.326 e. The van der Waals surface area contributed by atoms with Gasteiger partial charge in [-0.05, 0) is 83.2 Å². The summed E-state index contributed by atoms with van der Waals surface area (Å²) in [4.78, 5) is 35.9. The predicted molar refractivity (Wildman–Crippen MR) is 170 cm³/mol. The fraction of sp³-hybridized carbons (Fsp3) is 0.735. The van der Waals surface area contributed by atoms with Crippen LogP contribution in [0, 0.1) is 0 Å². The van der Waals surface area contributed by atoms with Gasteiger partial charge in [0.1, 0.15) is 12.1 Å². The van der Waals surface area contributed by atoms with Gasteiger partial charge in [-0.25, -0.2) is 4.79 Å². The Hall–Kier alpha value is -2.41. The molecule has 1 amide bonds. The van der Waals surface area contributed by atoms with Gasteiger partial charge in [0.2, 0.25) is 5.91 Å². The Kier molecular flexibility index (Phi) is 27.4. The molecule has 0 aliphatic heterocycles. The van der Waals surface area contributed by atoms with Gasteiger partial charge < -0.3 is 20.9 Å². The molecule has 0 spiro atoms. The van der Waals surface area contributed by atoms with Crippen LogP contribution in [0.25, 0.3) is 0 Å². The molecule has 7 heteroatoms. The summed E-state index contributed by atoms with van der Waals surface area (Å²) in [5, 5.41) is 11.8. The number of nitrogens with two attached hydrogens (primary N) is 1. The minimum absolute atomic E-state index is 0.122. The van der Waals surface area contributed by atoms with Gasteiger partial charge in [-0.3, -0.25) is 9.59 Å². The zero-order chi connectivity index (χ0) is 30.4. The van der Waals surface area contributed by atoms with E-state index in [2.05, 4.69) is 49.5 Å². The van der Waals surface area contributed by atoms with Crippen molar-refractivity contribution in [2.24, 2.45) is 5.73 Å². The van der Waals surface area contributed by atoms with Gasteiger partial charge in [0.05, 0.1) is 0 Å². The SMILES string of the molecule is CCC/C=C\C/C=C\C(CCCCCCC(=O)NC(CCCN)C(=O)O)OC(=O)CCCCCCC/C=C\CCC. The topological polar surface area (TPSA) is 119 Å². The number of nitrogens with one attached hydrogen (secondary N) is 1. The fourth-order valence-electron chi connectivity index (χ4n) is 4.41. The van der Waals surface area contributed by atoms with Crippen LogP contribution in [0.4, 0.5) is 0 Å². The van der Waals surface area contributed by atoms with Crippen LogP contribution in [-0.2, 0) is 19.1 Å². The molecule has 236 valence electrons. The highest BCUT2D eigenvalue weighted by atomic mass is 16.5. The number of allylic oxidation sites excluding steroid dienone is 5. The lowest BCUT2D eigenvalue weighted by molar-refractivity contribution is -0.147. The molecule has 0 saturated heterocycles. The number of carbonyl (C=O) groups excluding carboxylic acids is 2. The van der Waals surface area contributed by atoms with Gasteiger partial charge in [0, 0.05) is 12.8 Å². The van der Waals surface area contributed by atoms with Crippen LogP contribution >= 0.6 is 0 Å². The molecule has 2 atom stereocenters. The fourth-order valence-corrected chi connectivity index (χ4v) is 4.41. The monoisotopic (exact) mass is 576 g/mol. The molecule has 0 rings (SSSR count). The Morgan fingerprint density at radius 3 is 2.02 bits per heavy atom. The summed E-state index contributed by atoms with van der Waals surface area (Å²) >= 11 is 0. The number of esters is 1. The Morgan fingerprint density at radius 1 is 0.732 bits per heavy atom. The van der Waals surface area contributed by atoms with E-state index in [4.69, 9.17) is 10.5 Å².